The van der Waals surface area contributed by atoms with Crippen LogP contribution in [0.1, 0.15) is 91.9 Å². The monoisotopic (exact) mass is 383 g/mol. The van der Waals surface area contributed by atoms with E-state index in [1.54, 1.807) is 0 Å². The number of rotatable bonds is 8. The lowest BCUT2D eigenvalue weighted by Gasteiger charge is -2.37. The van der Waals surface area contributed by atoms with E-state index in [1.165, 1.54) is 30.0 Å². The third kappa shape index (κ3) is 3.02. The number of carbonyl (C=O) groups excluding carboxylic acids is 1. The summed E-state index contributed by atoms with van der Waals surface area (Å²) in [5.41, 5.74) is -0.172. The van der Waals surface area contributed by atoms with Crippen LogP contribution in [0.25, 0.3) is 0 Å². The van der Waals surface area contributed by atoms with Gasteiger partial charge in [-0.1, -0.05) is 66.2 Å². The molecule has 26 heavy (non-hydrogen) atoms. The standard InChI is InChI=1S/C21H37NO3S/c1-5-6-7-8-9-10-11-16(2)19(23)22-18-14-17-12-13-21(18,20(17,3)4)15-26(22,24)25/h16-18H,5-15H2,1-4H3/t16-,17-,18-,21-/m1/s1. The molecule has 1 amide bonds. The molecule has 0 radical (unpaired) electrons. The largest absolute Gasteiger partial charge is 0.273 e. The maximum atomic E-state index is 13.1. The highest BCUT2D eigenvalue weighted by atomic mass is 32.2. The summed E-state index contributed by atoms with van der Waals surface area (Å²) < 4.78 is 27.2. The average Bonchev–Trinajstić information content (AvgIpc) is 3.04. The van der Waals surface area contributed by atoms with Gasteiger partial charge in [0.1, 0.15) is 0 Å². The fourth-order valence-electron chi connectivity index (χ4n) is 6.15. The number of carbonyl (C=O) groups is 1. The zero-order chi connectivity index (χ0) is 19.2. The van der Waals surface area contributed by atoms with Crippen LogP contribution in [0.4, 0.5) is 0 Å². The van der Waals surface area contributed by atoms with Crippen molar-refractivity contribution in [2.24, 2.45) is 22.7 Å². The summed E-state index contributed by atoms with van der Waals surface area (Å²) in [6.07, 6.45) is 10.9. The number of sulfonamides is 1. The Hall–Kier alpha value is -0.580. The number of fused-ring (bicyclic) bond motifs is 1. The van der Waals surface area contributed by atoms with Crippen LogP contribution in [-0.2, 0) is 14.8 Å². The predicted octanol–water partition coefficient (Wildman–Crippen LogP) is 4.74. The molecule has 2 aliphatic carbocycles. The van der Waals surface area contributed by atoms with Crippen molar-refractivity contribution in [3.63, 3.8) is 0 Å². The Labute approximate surface area is 160 Å². The van der Waals surface area contributed by atoms with Gasteiger partial charge in [0.15, 0.2) is 0 Å². The van der Waals surface area contributed by atoms with Crippen LogP contribution in [0.3, 0.4) is 0 Å². The average molecular weight is 384 g/mol. The van der Waals surface area contributed by atoms with Gasteiger partial charge in [-0.15, -0.1) is 0 Å². The van der Waals surface area contributed by atoms with Gasteiger partial charge in [-0.3, -0.25) is 4.79 Å². The molecule has 4 nitrogen and oxygen atoms in total. The molecule has 1 aliphatic heterocycles. The van der Waals surface area contributed by atoms with Crippen molar-refractivity contribution in [3.05, 3.63) is 0 Å². The van der Waals surface area contributed by atoms with Crippen LogP contribution in [0.5, 0.6) is 0 Å². The summed E-state index contributed by atoms with van der Waals surface area (Å²) in [4.78, 5) is 13.1. The first-order chi connectivity index (χ1) is 12.2. The van der Waals surface area contributed by atoms with Crippen molar-refractivity contribution >= 4 is 15.9 Å². The van der Waals surface area contributed by atoms with E-state index >= 15 is 0 Å². The molecule has 1 spiro atoms. The van der Waals surface area contributed by atoms with Crippen molar-refractivity contribution in [1.82, 2.24) is 4.31 Å². The molecule has 1 saturated heterocycles. The van der Waals surface area contributed by atoms with Crippen LogP contribution in [0.2, 0.25) is 0 Å². The first-order valence-corrected chi connectivity index (χ1v) is 12.3. The molecule has 0 N–H and O–H groups in total. The summed E-state index contributed by atoms with van der Waals surface area (Å²) in [5, 5.41) is 0. The molecule has 3 rings (SSSR count). The second-order valence-corrected chi connectivity index (χ2v) is 11.6. The Kier molecular flexibility index (Phi) is 5.51. The molecule has 0 aromatic rings. The lowest BCUT2D eigenvalue weighted by atomic mass is 9.69. The fraction of sp³-hybridized carbons (Fsp3) is 0.952. The van der Waals surface area contributed by atoms with Crippen molar-refractivity contribution in [2.45, 2.75) is 97.9 Å². The van der Waals surface area contributed by atoms with Gasteiger partial charge in [0.05, 0.1) is 11.8 Å². The number of unbranched alkanes of at least 4 members (excludes halogenated alkanes) is 5. The van der Waals surface area contributed by atoms with E-state index in [2.05, 4.69) is 20.8 Å². The lowest BCUT2D eigenvalue weighted by Crippen LogP contribution is -2.45. The SMILES string of the molecule is CCCCCCCC[C@@H](C)C(=O)N1[C@@H]2C[C@H]3CC[C@]2(CS1(=O)=O)C3(C)C. The zero-order valence-corrected chi connectivity index (χ0v) is 17.9. The lowest BCUT2D eigenvalue weighted by molar-refractivity contribution is -0.133. The van der Waals surface area contributed by atoms with E-state index in [9.17, 15) is 13.2 Å². The van der Waals surface area contributed by atoms with Crippen LogP contribution in [-0.4, -0.2) is 30.4 Å². The van der Waals surface area contributed by atoms with Gasteiger partial charge >= 0.3 is 0 Å². The Morgan fingerprint density at radius 2 is 1.81 bits per heavy atom. The first-order valence-electron chi connectivity index (χ1n) is 10.7. The van der Waals surface area contributed by atoms with Gasteiger partial charge < -0.3 is 0 Å². The molecule has 3 fully saturated rings. The molecule has 1 heterocycles. The topological polar surface area (TPSA) is 54.5 Å². The Morgan fingerprint density at radius 1 is 1.15 bits per heavy atom. The van der Waals surface area contributed by atoms with Gasteiger partial charge in [-0.2, -0.15) is 0 Å². The molecule has 0 unspecified atom stereocenters. The third-order valence-electron chi connectivity index (χ3n) is 8.04. The van der Waals surface area contributed by atoms with E-state index in [0.717, 1.165) is 38.5 Å². The molecule has 2 saturated carbocycles. The highest BCUT2D eigenvalue weighted by molar-refractivity contribution is 7.90. The molecular weight excluding hydrogens is 346 g/mol. The van der Waals surface area contributed by atoms with E-state index in [4.69, 9.17) is 0 Å². The second-order valence-electron chi connectivity index (χ2n) is 9.71. The highest BCUT2D eigenvalue weighted by Crippen LogP contribution is 2.70. The number of hydrogen-bond acceptors (Lipinski definition) is 3. The van der Waals surface area contributed by atoms with Crippen LogP contribution in [0.15, 0.2) is 0 Å². The van der Waals surface area contributed by atoms with Crippen LogP contribution >= 0.6 is 0 Å². The Balaban J connectivity index is 1.64. The molecule has 2 bridgehead atoms. The van der Waals surface area contributed by atoms with Gasteiger partial charge in [-0.05, 0) is 37.0 Å². The van der Waals surface area contributed by atoms with E-state index in [0.29, 0.717) is 5.92 Å². The van der Waals surface area contributed by atoms with Gasteiger partial charge in [0.25, 0.3) is 0 Å². The molecule has 0 aromatic carbocycles. The molecular formula is C21H37NO3S. The van der Waals surface area contributed by atoms with Crippen LogP contribution < -0.4 is 0 Å². The van der Waals surface area contributed by atoms with Crippen LogP contribution in [0, 0.1) is 22.7 Å². The summed E-state index contributed by atoms with van der Waals surface area (Å²) in [7, 11) is -3.46. The summed E-state index contributed by atoms with van der Waals surface area (Å²) in [6, 6.07) is -0.0826. The normalized spacial score (nSPS) is 34.8. The van der Waals surface area contributed by atoms with Crippen molar-refractivity contribution < 1.29 is 13.2 Å². The van der Waals surface area contributed by atoms with Crippen molar-refractivity contribution in [2.75, 3.05) is 5.75 Å². The van der Waals surface area contributed by atoms with E-state index in [-0.39, 0.29) is 34.4 Å². The van der Waals surface area contributed by atoms with Gasteiger partial charge in [-0.25, -0.2) is 12.7 Å². The predicted molar refractivity (Wildman–Crippen MR) is 105 cm³/mol. The smallest absolute Gasteiger partial charge is 0.239 e. The summed E-state index contributed by atoms with van der Waals surface area (Å²) >= 11 is 0. The van der Waals surface area contributed by atoms with E-state index < -0.39 is 10.0 Å². The fourth-order valence-corrected chi connectivity index (χ4v) is 8.78. The third-order valence-corrected chi connectivity index (χ3v) is 9.95. The molecule has 0 aromatic heterocycles. The van der Waals surface area contributed by atoms with E-state index in [1.807, 2.05) is 6.92 Å². The minimum Gasteiger partial charge on any atom is -0.273 e. The molecule has 5 heteroatoms. The Bertz CT molecular complexity index is 642. The minimum absolute atomic E-state index is 0.0300. The zero-order valence-electron chi connectivity index (χ0n) is 17.1. The molecule has 150 valence electrons. The quantitative estimate of drug-likeness (QED) is 0.569. The maximum Gasteiger partial charge on any atom is 0.239 e. The summed E-state index contributed by atoms with van der Waals surface area (Å²) in [6.45, 7) is 8.59. The Morgan fingerprint density at radius 3 is 2.46 bits per heavy atom. The highest BCUT2D eigenvalue weighted by Gasteiger charge is 2.72. The minimum atomic E-state index is -3.46. The van der Waals surface area contributed by atoms with Crippen molar-refractivity contribution in [1.29, 1.82) is 0 Å². The first kappa shape index (κ1) is 20.2. The molecule has 3 aliphatic rings. The van der Waals surface area contributed by atoms with Crippen molar-refractivity contribution in [3.8, 4) is 0 Å². The molecule has 4 atom stereocenters. The number of amides is 1. The summed E-state index contributed by atoms with van der Waals surface area (Å²) in [5.74, 6) is 0.424. The maximum absolute atomic E-state index is 13.1. The van der Waals surface area contributed by atoms with Gasteiger partial charge in [0, 0.05) is 11.3 Å². The number of nitrogens with zero attached hydrogens (tertiary/aromatic N) is 1. The number of hydrogen-bond donors (Lipinski definition) is 0. The second kappa shape index (κ2) is 7.10. The van der Waals surface area contributed by atoms with Gasteiger partial charge in [0.2, 0.25) is 15.9 Å².